The Morgan fingerprint density at radius 2 is 1.00 bits per heavy atom. The number of nitrogens with zero attached hydrogens (tertiary/aromatic N) is 2. The third-order valence-electron chi connectivity index (χ3n) is 5.57. The molecule has 0 spiro atoms. The predicted molar refractivity (Wildman–Crippen MR) is 158 cm³/mol. The SMILES string of the molecule is CSc1cccc(/C=N/NC(=O)c2ccc(-c3ccc(C(=O)N/N=C/c4cccc(SC)c4)cc3)cc2)c1. The molecule has 0 aromatic heterocycles. The molecule has 0 saturated carbocycles. The summed E-state index contributed by atoms with van der Waals surface area (Å²) in [6.07, 6.45) is 7.27. The van der Waals surface area contributed by atoms with E-state index in [0.29, 0.717) is 11.1 Å². The lowest BCUT2D eigenvalue weighted by molar-refractivity contribution is 0.0947. The molecule has 8 heteroatoms. The second kappa shape index (κ2) is 13.4. The van der Waals surface area contributed by atoms with Gasteiger partial charge in [0.25, 0.3) is 11.8 Å². The van der Waals surface area contributed by atoms with Crippen LogP contribution in [0.1, 0.15) is 31.8 Å². The third-order valence-corrected chi connectivity index (χ3v) is 7.03. The normalized spacial score (nSPS) is 11.1. The lowest BCUT2D eigenvalue weighted by Gasteiger charge is -2.06. The van der Waals surface area contributed by atoms with Gasteiger partial charge in [0.05, 0.1) is 12.4 Å². The van der Waals surface area contributed by atoms with E-state index in [2.05, 4.69) is 21.1 Å². The highest BCUT2D eigenvalue weighted by molar-refractivity contribution is 7.98. The van der Waals surface area contributed by atoms with Crippen molar-refractivity contribution in [2.24, 2.45) is 10.2 Å². The van der Waals surface area contributed by atoms with Crippen molar-refractivity contribution in [3.05, 3.63) is 119 Å². The smallest absolute Gasteiger partial charge is 0.267 e. The van der Waals surface area contributed by atoms with Crippen LogP contribution < -0.4 is 10.9 Å². The van der Waals surface area contributed by atoms with Gasteiger partial charge < -0.3 is 0 Å². The second-order valence-corrected chi connectivity index (χ2v) is 9.87. The Morgan fingerprint density at radius 3 is 1.37 bits per heavy atom. The summed E-state index contributed by atoms with van der Waals surface area (Å²) in [5.74, 6) is -0.580. The number of hydrogen-bond acceptors (Lipinski definition) is 6. The Labute approximate surface area is 230 Å². The van der Waals surface area contributed by atoms with Gasteiger partial charge in [-0.1, -0.05) is 48.5 Å². The van der Waals surface area contributed by atoms with Crippen LogP contribution in [0.25, 0.3) is 11.1 Å². The maximum atomic E-state index is 12.4. The zero-order valence-electron chi connectivity index (χ0n) is 20.9. The Bertz CT molecular complexity index is 1350. The van der Waals surface area contributed by atoms with Gasteiger partial charge in [-0.25, -0.2) is 10.9 Å². The molecule has 190 valence electrons. The highest BCUT2D eigenvalue weighted by Crippen LogP contribution is 2.21. The van der Waals surface area contributed by atoms with E-state index in [4.69, 9.17) is 0 Å². The van der Waals surface area contributed by atoms with Crippen molar-refractivity contribution in [1.82, 2.24) is 10.9 Å². The summed E-state index contributed by atoms with van der Waals surface area (Å²) in [5, 5.41) is 8.13. The highest BCUT2D eigenvalue weighted by Gasteiger charge is 2.07. The van der Waals surface area contributed by atoms with Crippen molar-refractivity contribution in [3.63, 3.8) is 0 Å². The summed E-state index contributed by atoms with van der Waals surface area (Å²) in [4.78, 5) is 27.2. The van der Waals surface area contributed by atoms with Crippen LogP contribution in [0.3, 0.4) is 0 Å². The average molecular weight is 539 g/mol. The van der Waals surface area contributed by atoms with Crippen LogP contribution >= 0.6 is 23.5 Å². The van der Waals surface area contributed by atoms with E-state index >= 15 is 0 Å². The molecule has 0 aliphatic rings. The first-order valence-corrected chi connectivity index (χ1v) is 14.2. The quantitative estimate of drug-likeness (QED) is 0.148. The van der Waals surface area contributed by atoms with Crippen LogP contribution in [0.5, 0.6) is 0 Å². The minimum Gasteiger partial charge on any atom is -0.267 e. The highest BCUT2D eigenvalue weighted by atomic mass is 32.2. The van der Waals surface area contributed by atoms with Gasteiger partial charge in [0.15, 0.2) is 0 Å². The van der Waals surface area contributed by atoms with Crippen molar-refractivity contribution in [3.8, 4) is 11.1 Å². The molecule has 0 saturated heterocycles. The lowest BCUT2D eigenvalue weighted by Crippen LogP contribution is -2.17. The lowest BCUT2D eigenvalue weighted by atomic mass is 10.0. The zero-order valence-corrected chi connectivity index (χ0v) is 22.6. The minimum absolute atomic E-state index is 0.290. The summed E-state index contributed by atoms with van der Waals surface area (Å²) < 4.78 is 0. The molecule has 38 heavy (non-hydrogen) atoms. The first-order chi connectivity index (χ1) is 18.6. The van der Waals surface area contributed by atoms with Gasteiger partial charge in [-0.15, -0.1) is 23.5 Å². The maximum absolute atomic E-state index is 12.4. The molecule has 0 fully saturated rings. The number of carbonyl (C=O) groups excluding carboxylic acids is 2. The van der Waals surface area contributed by atoms with E-state index in [9.17, 15) is 9.59 Å². The van der Waals surface area contributed by atoms with Gasteiger partial charge in [-0.3, -0.25) is 9.59 Å². The van der Waals surface area contributed by atoms with Gasteiger partial charge >= 0.3 is 0 Å². The fourth-order valence-corrected chi connectivity index (χ4v) is 4.47. The van der Waals surface area contributed by atoms with Crippen LogP contribution in [-0.2, 0) is 0 Å². The molecule has 0 heterocycles. The molecule has 4 aromatic rings. The van der Waals surface area contributed by atoms with Crippen LogP contribution in [-0.4, -0.2) is 36.8 Å². The summed E-state index contributed by atoms with van der Waals surface area (Å²) in [7, 11) is 0. The van der Waals surface area contributed by atoms with Crippen LogP contribution in [0.15, 0.2) is 117 Å². The average Bonchev–Trinajstić information content (AvgIpc) is 2.97. The number of hydrogen-bond donors (Lipinski definition) is 2. The summed E-state index contributed by atoms with van der Waals surface area (Å²) in [6, 6.07) is 30.2. The molecule has 0 unspecified atom stereocenters. The maximum Gasteiger partial charge on any atom is 0.271 e. The zero-order chi connectivity index (χ0) is 26.7. The summed E-state index contributed by atoms with van der Waals surface area (Å²) in [5.41, 5.74) is 9.81. The molecule has 0 bridgehead atoms. The number of thioether (sulfide) groups is 2. The van der Waals surface area contributed by atoms with Gasteiger partial charge in [-0.2, -0.15) is 10.2 Å². The topological polar surface area (TPSA) is 82.9 Å². The first kappa shape index (κ1) is 26.9. The molecule has 0 atom stereocenters. The van der Waals surface area contributed by atoms with Crippen LogP contribution in [0.2, 0.25) is 0 Å². The number of amides is 2. The van der Waals surface area contributed by atoms with Crippen molar-refractivity contribution in [2.75, 3.05) is 12.5 Å². The van der Waals surface area contributed by atoms with E-state index in [0.717, 1.165) is 32.0 Å². The molecule has 0 radical (unpaired) electrons. The van der Waals surface area contributed by atoms with Gasteiger partial charge in [-0.05, 0) is 83.3 Å². The molecular weight excluding hydrogens is 512 g/mol. The summed E-state index contributed by atoms with van der Waals surface area (Å²) >= 11 is 3.30. The number of nitrogens with one attached hydrogen (secondary N) is 2. The molecule has 2 N–H and O–H groups in total. The molecule has 4 rings (SSSR count). The fourth-order valence-electron chi connectivity index (χ4n) is 3.53. The fraction of sp³-hybridized carbons (Fsp3) is 0.0667. The van der Waals surface area contributed by atoms with E-state index in [1.54, 1.807) is 60.2 Å². The Morgan fingerprint density at radius 1 is 0.605 bits per heavy atom. The van der Waals surface area contributed by atoms with Crippen molar-refractivity contribution < 1.29 is 9.59 Å². The molecule has 2 amide bonds. The van der Waals surface area contributed by atoms with E-state index in [-0.39, 0.29) is 11.8 Å². The van der Waals surface area contributed by atoms with Crippen LogP contribution in [0, 0.1) is 0 Å². The second-order valence-electron chi connectivity index (χ2n) is 8.11. The monoisotopic (exact) mass is 538 g/mol. The number of hydrazone groups is 2. The van der Waals surface area contributed by atoms with Crippen molar-refractivity contribution in [1.29, 1.82) is 0 Å². The van der Waals surface area contributed by atoms with Gasteiger partial charge in [0.2, 0.25) is 0 Å². The standard InChI is InChI=1S/C30H26N4O2S2/c1-37-27-7-3-5-21(17-27)19-31-33-29(35)25-13-9-23(10-14-25)24-11-15-26(16-12-24)30(36)34-32-20-22-6-4-8-28(18-22)38-2/h3-20H,1-2H3,(H,33,35)(H,34,36)/b31-19+,32-20+. The Hall–Kier alpha value is -4.14. The summed E-state index contributed by atoms with van der Waals surface area (Å²) in [6.45, 7) is 0. The molecule has 0 aliphatic heterocycles. The van der Waals surface area contributed by atoms with Crippen molar-refractivity contribution >= 4 is 47.8 Å². The first-order valence-electron chi connectivity index (χ1n) is 11.7. The van der Waals surface area contributed by atoms with Crippen molar-refractivity contribution in [2.45, 2.75) is 9.79 Å². The number of benzene rings is 4. The number of rotatable bonds is 9. The third kappa shape index (κ3) is 7.44. The van der Waals surface area contributed by atoms with E-state index in [1.165, 1.54) is 0 Å². The number of carbonyl (C=O) groups is 2. The Kier molecular flexibility index (Phi) is 9.50. The minimum atomic E-state index is -0.290. The molecular formula is C30H26N4O2S2. The predicted octanol–water partition coefficient (Wildman–Crippen LogP) is 6.33. The van der Waals surface area contributed by atoms with E-state index < -0.39 is 0 Å². The Balaban J connectivity index is 1.32. The molecule has 0 aliphatic carbocycles. The van der Waals surface area contributed by atoms with Crippen LogP contribution in [0.4, 0.5) is 0 Å². The molecule has 6 nitrogen and oxygen atoms in total. The molecule has 4 aromatic carbocycles. The van der Waals surface area contributed by atoms with E-state index in [1.807, 2.05) is 85.3 Å². The van der Waals surface area contributed by atoms with Gasteiger partial charge in [0.1, 0.15) is 0 Å². The van der Waals surface area contributed by atoms with Gasteiger partial charge in [0, 0.05) is 20.9 Å². The largest absolute Gasteiger partial charge is 0.271 e.